The molecule has 0 atom stereocenters. The van der Waals surface area contributed by atoms with E-state index in [4.69, 9.17) is 5.73 Å². The largest absolute Gasteiger partial charge is 0.330 e. The zero-order valence-corrected chi connectivity index (χ0v) is 9.59. The first kappa shape index (κ1) is 12.6. The SMILES string of the molecule is NCCc1ccc(F)c(-c2ccc(F)c(F)c2)c1. The highest BCUT2D eigenvalue weighted by Crippen LogP contribution is 2.25. The highest BCUT2D eigenvalue weighted by Gasteiger charge is 2.09. The molecule has 2 aromatic carbocycles. The zero-order valence-electron chi connectivity index (χ0n) is 9.59. The summed E-state index contributed by atoms with van der Waals surface area (Å²) >= 11 is 0. The Labute approximate surface area is 103 Å². The van der Waals surface area contributed by atoms with Gasteiger partial charge in [-0.05, 0) is 48.4 Å². The van der Waals surface area contributed by atoms with E-state index < -0.39 is 17.5 Å². The van der Waals surface area contributed by atoms with Gasteiger partial charge in [0, 0.05) is 5.56 Å². The molecular weight excluding hydrogens is 239 g/mol. The highest BCUT2D eigenvalue weighted by atomic mass is 19.2. The Morgan fingerprint density at radius 2 is 1.56 bits per heavy atom. The van der Waals surface area contributed by atoms with Crippen molar-refractivity contribution in [2.24, 2.45) is 5.73 Å². The molecule has 0 aliphatic rings. The van der Waals surface area contributed by atoms with Crippen LogP contribution in [0.2, 0.25) is 0 Å². The lowest BCUT2D eigenvalue weighted by Gasteiger charge is -2.07. The van der Waals surface area contributed by atoms with Crippen LogP contribution < -0.4 is 5.73 Å². The van der Waals surface area contributed by atoms with Crippen molar-refractivity contribution in [3.05, 3.63) is 59.4 Å². The number of hydrogen-bond acceptors (Lipinski definition) is 1. The first-order valence-electron chi connectivity index (χ1n) is 5.55. The average molecular weight is 251 g/mol. The molecule has 0 fully saturated rings. The Kier molecular flexibility index (Phi) is 3.67. The van der Waals surface area contributed by atoms with E-state index in [2.05, 4.69) is 0 Å². The number of benzene rings is 2. The molecule has 0 aliphatic heterocycles. The van der Waals surface area contributed by atoms with E-state index in [9.17, 15) is 13.2 Å². The highest BCUT2D eigenvalue weighted by molar-refractivity contribution is 5.65. The van der Waals surface area contributed by atoms with Gasteiger partial charge < -0.3 is 5.73 Å². The van der Waals surface area contributed by atoms with E-state index in [-0.39, 0.29) is 5.56 Å². The van der Waals surface area contributed by atoms with E-state index in [1.165, 1.54) is 12.1 Å². The van der Waals surface area contributed by atoms with E-state index in [1.54, 1.807) is 12.1 Å². The minimum absolute atomic E-state index is 0.250. The molecule has 0 aliphatic carbocycles. The maximum Gasteiger partial charge on any atom is 0.159 e. The fourth-order valence-electron chi connectivity index (χ4n) is 1.78. The first-order valence-corrected chi connectivity index (χ1v) is 5.55. The van der Waals surface area contributed by atoms with Gasteiger partial charge in [0.2, 0.25) is 0 Å². The van der Waals surface area contributed by atoms with Crippen molar-refractivity contribution in [1.82, 2.24) is 0 Å². The van der Waals surface area contributed by atoms with Crippen LogP contribution in [0.25, 0.3) is 11.1 Å². The normalized spacial score (nSPS) is 10.7. The van der Waals surface area contributed by atoms with Crippen LogP contribution in [0.3, 0.4) is 0 Å². The van der Waals surface area contributed by atoms with E-state index >= 15 is 0 Å². The standard InChI is InChI=1S/C14H12F3N/c15-12-3-1-9(5-6-18)7-11(12)10-2-4-13(16)14(17)8-10/h1-4,7-8H,5-6,18H2. The van der Waals surface area contributed by atoms with Gasteiger partial charge in [-0.25, -0.2) is 13.2 Å². The van der Waals surface area contributed by atoms with Crippen molar-refractivity contribution >= 4 is 0 Å². The van der Waals surface area contributed by atoms with E-state index in [0.29, 0.717) is 18.5 Å². The maximum absolute atomic E-state index is 13.7. The summed E-state index contributed by atoms with van der Waals surface area (Å²) in [6.07, 6.45) is 0.608. The molecular formula is C14H12F3N. The molecule has 18 heavy (non-hydrogen) atoms. The van der Waals surface area contributed by atoms with Gasteiger partial charge in [0.1, 0.15) is 5.82 Å². The van der Waals surface area contributed by atoms with Crippen molar-refractivity contribution in [3.63, 3.8) is 0 Å². The lowest BCUT2D eigenvalue weighted by Crippen LogP contribution is -2.03. The van der Waals surface area contributed by atoms with Crippen LogP contribution in [-0.4, -0.2) is 6.54 Å². The summed E-state index contributed by atoms with van der Waals surface area (Å²) in [4.78, 5) is 0. The van der Waals surface area contributed by atoms with Crippen LogP contribution in [0.1, 0.15) is 5.56 Å². The molecule has 2 N–H and O–H groups in total. The summed E-state index contributed by atoms with van der Waals surface area (Å²) in [6, 6.07) is 7.87. The molecule has 0 aromatic heterocycles. The van der Waals surface area contributed by atoms with Gasteiger partial charge in [-0.15, -0.1) is 0 Å². The van der Waals surface area contributed by atoms with Gasteiger partial charge in [0.25, 0.3) is 0 Å². The number of nitrogens with two attached hydrogens (primary N) is 1. The van der Waals surface area contributed by atoms with Gasteiger partial charge in [-0.2, -0.15) is 0 Å². The number of rotatable bonds is 3. The lowest BCUT2D eigenvalue weighted by molar-refractivity contribution is 0.509. The molecule has 0 spiro atoms. The first-order chi connectivity index (χ1) is 8.61. The van der Waals surface area contributed by atoms with Gasteiger partial charge >= 0.3 is 0 Å². The molecule has 2 rings (SSSR count). The lowest BCUT2D eigenvalue weighted by atomic mass is 10.0. The molecule has 0 saturated carbocycles. The molecule has 0 radical (unpaired) electrons. The molecule has 0 unspecified atom stereocenters. The second-order valence-corrected chi connectivity index (χ2v) is 3.98. The molecule has 0 bridgehead atoms. The van der Waals surface area contributed by atoms with Crippen LogP contribution in [0, 0.1) is 17.5 Å². The minimum Gasteiger partial charge on any atom is -0.330 e. The second-order valence-electron chi connectivity index (χ2n) is 3.98. The third-order valence-electron chi connectivity index (χ3n) is 2.69. The van der Waals surface area contributed by atoms with Crippen molar-refractivity contribution in [2.75, 3.05) is 6.54 Å². The Hall–Kier alpha value is -1.81. The number of halogens is 3. The number of hydrogen-bond donors (Lipinski definition) is 1. The predicted molar refractivity (Wildman–Crippen MR) is 64.5 cm³/mol. The predicted octanol–water partition coefficient (Wildman–Crippen LogP) is 3.27. The third-order valence-corrected chi connectivity index (χ3v) is 2.69. The summed E-state index contributed by atoms with van der Waals surface area (Å²) in [5.41, 5.74) is 6.85. The van der Waals surface area contributed by atoms with Crippen LogP contribution in [0.5, 0.6) is 0 Å². The third kappa shape index (κ3) is 2.54. The smallest absolute Gasteiger partial charge is 0.159 e. The minimum atomic E-state index is -0.990. The summed E-state index contributed by atoms with van der Waals surface area (Å²) < 4.78 is 39.6. The van der Waals surface area contributed by atoms with Crippen molar-refractivity contribution in [3.8, 4) is 11.1 Å². The molecule has 0 saturated heterocycles. The summed E-state index contributed by atoms with van der Waals surface area (Å²) in [7, 11) is 0. The Balaban J connectivity index is 2.48. The van der Waals surface area contributed by atoms with Crippen LogP contribution in [-0.2, 0) is 6.42 Å². The van der Waals surface area contributed by atoms with Gasteiger partial charge in [-0.1, -0.05) is 12.1 Å². The summed E-state index contributed by atoms with van der Waals surface area (Å²) in [5, 5.41) is 0. The quantitative estimate of drug-likeness (QED) is 0.890. The zero-order chi connectivity index (χ0) is 13.1. The van der Waals surface area contributed by atoms with Crippen LogP contribution in [0.15, 0.2) is 36.4 Å². The average Bonchev–Trinajstić information content (AvgIpc) is 2.35. The molecule has 4 heteroatoms. The van der Waals surface area contributed by atoms with Crippen LogP contribution >= 0.6 is 0 Å². The van der Waals surface area contributed by atoms with Crippen molar-refractivity contribution in [1.29, 1.82) is 0 Å². The molecule has 1 nitrogen and oxygen atoms in total. The maximum atomic E-state index is 13.7. The Morgan fingerprint density at radius 1 is 0.833 bits per heavy atom. The molecule has 0 heterocycles. The summed E-state index contributed by atoms with van der Waals surface area (Å²) in [6.45, 7) is 0.447. The molecule has 0 amide bonds. The van der Waals surface area contributed by atoms with Crippen molar-refractivity contribution in [2.45, 2.75) is 6.42 Å². The fourth-order valence-corrected chi connectivity index (χ4v) is 1.78. The van der Waals surface area contributed by atoms with Gasteiger partial charge in [0.15, 0.2) is 11.6 Å². The Morgan fingerprint density at radius 3 is 2.22 bits per heavy atom. The van der Waals surface area contributed by atoms with Gasteiger partial charge in [0.05, 0.1) is 0 Å². The van der Waals surface area contributed by atoms with E-state index in [0.717, 1.165) is 17.7 Å². The fraction of sp³-hybridized carbons (Fsp3) is 0.143. The van der Waals surface area contributed by atoms with Crippen molar-refractivity contribution < 1.29 is 13.2 Å². The second kappa shape index (κ2) is 5.23. The van der Waals surface area contributed by atoms with Gasteiger partial charge in [-0.3, -0.25) is 0 Å². The molecule has 2 aromatic rings. The monoisotopic (exact) mass is 251 g/mol. The van der Waals surface area contributed by atoms with Crippen LogP contribution in [0.4, 0.5) is 13.2 Å². The molecule has 94 valence electrons. The Bertz CT molecular complexity index is 567. The topological polar surface area (TPSA) is 26.0 Å². The summed E-state index contributed by atoms with van der Waals surface area (Å²) in [5.74, 6) is -2.41. The van der Waals surface area contributed by atoms with E-state index in [1.807, 2.05) is 0 Å².